The SMILES string of the molecule is COc1ccc(C(CC(=O)OC(C)=O)C(=O)c2ccc(C#N)cc2)cc1. The Balaban J connectivity index is 2.34. The Hall–Kier alpha value is -3.46. The maximum Gasteiger partial charge on any atom is 0.314 e. The summed E-state index contributed by atoms with van der Waals surface area (Å²) < 4.78 is 9.67. The first kappa shape index (κ1) is 18.9. The lowest BCUT2D eigenvalue weighted by Crippen LogP contribution is -2.20. The van der Waals surface area contributed by atoms with Crippen LogP contribution in [0.15, 0.2) is 48.5 Å². The number of carbonyl (C=O) groups excluding carboxylic acids is 3. The molecule has 26 heavy (non-hydrogen) atoms. The van der Waals surface area contributed by atoms with Gasteiger partial charge in [-0.1, -0.05) is 24.3 Å². The second-order valence-electron chi connectivity index (χ2n) is 5.55. The van der Waals surface area contributed by atoms with Crippen LogP contribution >= 0.6 is 0 Å². The van der Waals surface area contributed by atoms with Crippen LogP contribution in [0.25, 0.3) is 0 Å². The van der Waals surface area contributed by atoms with Crippen LogP contribution in [-0.4, -0.2) is 24.8 Å². The van der Waals surface area contributed by atoms with Crippen molar-refractivity contribution in [3.05, 3.63) is 65.2 Å². The molecule has 2 rings (SSSR count). The highest BCUT2D eigenvalue weighted by atomic mass is 16.6. The molecule has 0 radical (unpaired) electrons. The van der Waals surface area contributed by atoms with E-state index in [9.17, 15) is 14.4 Å². The highest BCUT2D eigenvalue weighted by Gasteiger charge is 2.26. The Labute approximate surface area is 151 Å². The summed E-state index contributed by atoms with van der Waals surface area (Å²) in [7, 11) is 1.53. The van der Waals surface area contributed by atoms with E-state index < -0.39 is 17.9 Å². The second-order valence-corrected chi connectivity index (χ2v) is 5.55. The molecule has 2 aromatic carbocycles. The van der Waals surface area contributed by atoms with Gasteiger partial charge >= 0.3 is 11.9 Å². The summed E-state index contributed by atoms with van der Waals surface area (Å²) in [5.74, 6) is -2.01. The van der Waals surface area contributed by atoms with Gasteiger partial charge in [-0.05, 0) is 29.8 Å². The Kier molecular flexibility index (Phi) is 6.23. The van der Waals surface area contributed by atoms with E-state index in [1.807, 2.05) is 6.07 Å². The molecule has 0 aliphatic heterocycles. The Morgan fingerprint density at radius 1 is 1.04 bits per heavy atom. The number of nitrogens with zero attached hydrogens (tertiary/aromatic N) is 1. The minimum atomic E-state index is -0.819. The predicted molar refractivity (Wildman–Crippen MR) is 92.6 cm³/mol. The van der Waals surface area contributed by atoms with Gasteiger partial charge in [0.05, 0.1) is 31.1 Å². The summed E-state index contributed by atoms with van der Waals surface area (Å²) in [5, 5.41) is 8.87. The lowest BCUT2D eigenvalue weighted by molar-refractivity contribution is -0.158. The molecule has 0 N–H and O–H groups in total. The molecule has 0 spiro atoms. The van der Waals surface area contributed by atoms with Crippen molar-refractivity contribution in [2.24, 2.45) is 0 Å². The minimum absolute atomic E-state index is 0.273. The molecule has 0 amide bonds. The summed E-state index contributed by atoms with van der Waals surface area (Å²) in [5.41, 5.74) is 1.39. The van der Waals surface area contributed by atoms with Gasteiger partial charge in [0.15, 0.2) is 5.78 Å². The third kappa shape index (κ3) is 4.77. The van der Waals surface area contributed by atoms with Gasteiger partial charge in [-0.15, -0.1) is 0 Å². The highest BCUT2D eigenvalue weighted by Crippen LogP contribution is 2.27. The van der Waals surface area contributed by atoms with Crippen LogP contribution in [0.3, 0.4) is 0 Å². The van der Waals surface area contributed by atoms with Gasteiger partial charge in [-0.25, -0.2) is 0 Å². The fraction of sp³-hybridized carbons (Fsp3) is 0.200. The third-order valence-electron chi connectivity index (χ3n) is 3.76. The van der Waals surface area contributed by atoms with Gasteiger partial charge in [0.1, 0.15) is 5.75 Å². The zero-order valence-electron chi connectivity index (χ0n) is 14.4. The normalized spacial score (nSPS) is 11.1. The lowest BCUT2D eigenvalue weighted by atomic mass is 9.87. The van der Waals surface area contributed by atoms with Crippen molar-refractivity contribution in [3.8, 4) is 11.8 Å². The van der Waals surface area contributed by atoms with Crippen LogP contribution in [0, 0.1) is 11.3 Å². The van der Waals surface area contributed by atoms with Crippen molar-refractivity contribution >= 4 is 17.7 Å². The van der Waals surface area contributed by atoms with E-state index in [4.69, 9.17) is 10.00 Å². The molecule has 0 fully saturated rings. The molecule has 0 heterocycles. The summed E-state index contributed by atoms with van der Waals surface area (Å²) >= 11 is 0. The number of rotatable bonds is 6. The van der Waals surface area contributed by atoms with E-state index in [0.717, 1.165) is 6.92 Å². The van der Waals surface area contributed by atoms with Gasteiger partial charge in [-0.3, -0.25) is 14.4 Å². The van der Waals surface area contributed by atoms with Gasteiger partial charge in [-0.2, -0.15) is 5.26 Å². The van der Waals surface area contributed by atoms with E-state index in [1.165, 1.54) is 31.4 Å². The molecule has 0 bridgehead atoms. The van der Waals surface area contributed by atoms with Gasteiger partial charge in [0.2, 0.25) is 0 Å². The van der Waals surface area contributed by atoms with Crippen molar-refractivity contribution in [3.63, 3.8) is 0 Å². The quantitative estimate of drug-likeness (QED) is 0.451. The molecule has 2 aromatic rings. The molecule has 0 saturated carbocycles. The van der Waals surface area contributed by atoms with Gasteiger partial charge in [0, 0.05) is 12.5 Å². The van der Waals surface area contributed by atoms with Crippen LogP contribution in [0.4, 0.5) is 0 Å². The molecular formula is C20H17NO5. The molecular weight excluding hydrogens is 334 g/mol. The van der Waals surface area contributed by atoms with E-state index in [1.54, 1.807) is 24.3 Å². The van der Waals surface area contributed by atoms with E-state index in [-0.39, 0.29) is 12.2 Å². The third-order valence-corrected chi connectivity index (χ3v) is 3.76. The van der Waals surface area contributed by atoms with Crippen LogP contribution in [-0.2, 0) is 14.3 Å². The maximum atomic E-state index is 12.9. The number of nitriles is 1. The zero-order chi connectivity index (χ0) is 19.1. The highest BCUT2D eigenvalue weighted by molar-refractivity contribution is 6.03. The van der Waals surface area contributed by atoms with Crippen molar-refractivity contribution < 1.29 is 23.9 Å². The van der Waals surface area contributed by atoms with Crippen LogP contribution in [0.5, 0.6) is 5.75 Å². The van der Waals surface area contributed by atoms with E-state index in [2.05, 4.69) is 4.74 Å². The number of ketones is 1. The number of esters is 2. The largest absolute Gasteiger partial charge is 0.497 e. The van der Waals surface area contributed by atoms with Crippen LogP contribution < -0.4 is 4.74 Å². The molecule has 1 atom stereocenters. The number of hydrogen-bond donors (Lipinski definition) is 0. The monoisotopic (exact) mass is 351 g/mol. The van der Waals surface area contributed by atoms with Crippen molar-refractivity contribution in [1.82, 2.24) is 0 Å². The number of carbonyl (C=O) groups is 3. The first-order chi connectivity index (χ1) is 12.4. The fourth-order valence-corrected chi connectivity index (χ4v) is 2.48. The van der Waals surface area contributed by atoms with Crippen molar-refractivity contribution in [2.45, 2.75) is 19.3 Å². The Bertz CT molecular complexity index is 847. The number of benzene rings is 2. The number of Topliss-reactive ketones (excluding diaryl/α,β-unsaturated/α-hetero) is 1. The molecule has 6 heteroatoms. The Morgan fingerprint density at radius 3 is 2.15 bits per heavy atom. The zero-order valence-corrected chi connectivity index (χ0v) is 14.4. The second kappa shape index (κ2) is 8.58. The molecule has 1 unspecified atom stereocenters. The van der Waals surface area contributed by atoms with Gasteiger partial charge < -0.3 is 9.47 Å². The first-order valence-corrected chi connectivity index (χ1v) is 7.84. The number of ether oxygens (including phenoxy) is 2. The summed E-state index contributed by atoms with van der Waals surface area (Å²) in [6, 6.07) is 14.9. The predicted octanol–water partition coefficient (Wildman–Crippen LogP) is 3.01. The molecule has 6 nitrogen and oxygen atoms in total. The van der Waals surface area contributed by atoms with Gasteiger partial charge in [0.25, 0.3) is 0 Å². The standard InChI is InChI=1S/C20H17NO5/c1-13(22)26-19(23)11-18(15-7-9-17(25-2)10-8-15)20(24)16-5-3-14(12-21)4-6-16/h3-10,18H,11H2,1-2H3. The molecule has 0 saturated heterocycles. The fourth-order valence-electron chi connectivity index (χ4n) is 2.48. The first-order valence-electron chi connectivity index (χ1n) is 7.84. The average molecular weight is 351 g/mol. The summed E-state index contributed by atoms with van der Waals surface area (Å²) in [6.07, 6.45) is -0.273. The Morgan fingerprint density at radius 2 is 1.65 bits per heavy atom. The smallest absolute Gasteiger partial charge is 0.314 e. The summed E-state index contributed by atoms with van der Waals surface area (Å²) in [4.78, 5) is 35.8. The molecule has 0 aliphatic rings. The topological polar surface area (TPSA) is 93.5 Å². The van der Waals surface area contributed by atoms with Crippen LogP contribution in [0.2, 0.25) is 0 Å². The van der Waals surface area contributed by atoms with Crippen molar-refractivity contribution in [2.75, 3.05) is 7.11 Å². The maximum absolute atomic E-state index is 12.9. The number of methoxy groups -OCH3 is 1. The molecule has 132 valence electrons. The average Bonchev–Trinajstić information content (AvgIpc) is 2.65. The van der Waals surface area contributed by atoms with E-state index >= 15 is 0 Å². The number of hydrogen-bond acceptors (Lipinski definition) is 6. The van der Waals surface area contributed by atoms with E-state index in [0.29, 0.717) is 22.4 Å². The summed E-state index contributed by atoms with van der Waals surface area (Å²) in [6.45, 7) is 1.13. The lowest BCUT2D eigenvalue weighted by Gasteiger charge is -2.16. The minimum Gasteiger partial charge on any atom is -0.497 e. The van der Waals surface area contributed by atoms with Crippen LogP contribution in [0.1, 0.15) is 40.7 Å². The molecule has 0 aliphatic carbocycles. The van der Waals surface area contributed by atoms with Crippen molar-refractivity contribution in [1.29, 1.82) is 5.26 Å². The molecule has 0 aromatic heterocycles.